The normalized spacial score (nSPS) is 12.5. The van der Waals surface area contributed by atoms with E-state index in [2.05, 4.69) is 24.4 Å². The SMILES string of the molecule is CNC(c1ccc(F)cc1)c1cc(C)c2ccccc2n1. The molecule has 1 heterocycles. The molecule has 3 rings (SSSR count). The minimum Gasteiger partial charge on any atom is -0.308 e. The number of hydrogen-bond acceptors (Lipinski definition) is 2. The van der Waals surface area contributed by atoms with Gasteiger partial charge in [0.1, 0.15) is 5.82 Å². The molecular weight excluding hydrogens is 263 g/mol. The van der Waals surface area contributed by atoms with E-state index in [4.69, 9.17) is 4.98 Å². The highest BCUT2D eigenvalue weighted by atomic mass is 19.1. The van der Waals surface area contributed by atoms with E-state index < -0.39 is 0 Å². The number of nitrogens with one attached hydrogen (secondary N) is 1. The summed E-state index contributed by atoms with van der Waals surface area (Å²) in [5, 5.41) is 4.42. The predicted molar refractivity (Wildman–Crippen MR) is 83.8 cm³/mol. The maximum atomic E-state index is 13.1. The maximum absolute atomic E-state index is 13.1. The van der Waals surface area contributed by atoms with Gasteiger partial charge in [0.15, 0.2) is 0 Å². The average Bonchev–Trinajstić information content (AvgIpc) is 2.50. The predicted octanol–water partition coefficient (Wildman–Crippen LogP) is 3.99. The van der Waals surface area contributed by atoms with E-state index in [1.807, 2.05) is 25.2 Å². The number of aromatic nitrogens is 1. The van der Waals surface area contributed by atoms with Gasteiger partial charge in [0.25, 0.3) is 0 Å². The van der Waals surface area contributed by atoms with Gasteiger partial charge in [0.2, 0.25) is 0 Å². The Morgan fingerprint density at radius 1 is 1.05 bits per heavy atom. The van der Waals surface area contributed by atoms with Gasteiger partial charge in [0, 0.05) is 5.39 Å². The fourth-order valence-corrected chi connectivity index (χ4v) is 2.66. The van der Waals surface area contributed by atoms with Crippen molar-refractivity contribution in [3.05, 3.63) is 77.2 Å². The first kappa shape index (κ1) is 13.7. The van der Waals surface area contributed by atoms with Gasteiger partial charge in [-0.2, -0.15) is 0 Å². The third-order valence-corrected chi connectivity index (χ3v) is 3.73. The van der Waals surface area contributed by atoms with Crippen molar-refractivity contribution in [1.82, 2.24) is 10.3 Å². The molecule has 0 saturated heterocycles. The number of nitrogens with zero attached hydrogens (tertiary/aromatic N) is 1. The molecule has 0 aliphatic carbocycles. The monoisotopic (exact) mass is 280 g/mol. The van der Waals surface area contributed by atoms with Crippen LogP contribution >= 0.6 is 0 Å². The summed E-state index contributed by atoms with van der Waals surface area (Å²) < 4.78 is 13.1. The first-order valence-electron chi connectivity index (χ1n) is 6.98. The van der Waals surface area contributed by atoms with E-state index >= 15 is 0 Å². The second kappa shape index (κ2) is 5.62. The molecule has 1 atom stereocenters. The molecule has 0 radical (unpaired) electrons. The molecule has 1 aromatic heterocycles. The van der Waals surface area contributed by atoms with Gasteiger partial charge in [-0.15, -0.1) is 0 Å². The lowest BCUT2D eigenvalue weighted by molar-refractivity contribution is 0.622. The number of hydrogen-bond donors (Lipinski definition) is 1. The highest BCUT2D eigenvalue weighted by Crippen LogP contribution is 2.25. The van der Waals surface area contributed by atoms with Crippen LogP contribution in [0.25, 0.3) is 10.9 Å². The lowest BCUT2D eigenvalue weighted by atomic mass is 10.0. The van der Waals surface area contributed by atoms with Crippen LogP contribution in [0, 0.1) is 12.7 Å². The van der Waals surface area contributed by atoms with Gasteiger partial charge in [-0.05, 0) is 49.4 Å². The van der Waals surface area contributed by atoms with Crippen molar-refractivity contribution in [3.8, 4) is 0 Å². The molecule has 1 unspecified atom stereocenters. The van der Waals surface area contributed by atoms with Gasteiger partial charge in [-0.25, -0.2) is 4.39 Å². The van der Waals surface area contributed by atoms with Crippen molar-refractivity contribution in [2.75, 3.05) is 7.05 Å². The summed E-state index contributed by atoms with van der Waals surface area (Å²) in [7, 11) is 1.89. The van der Waals surface area contributed by atoms with E-state index in [1.54, 1.807) is 12.1 Å². The molecule has 0 aliphatic rings. The highest BCUT2D eigenvalue weighted by Gasteiger charge is 2.15. The van der Waals surface area contributed by atoms with Crippen LogP contribution in [-0.2, 0) is 0 Å². The van der Waals surface area contributed by atoms with E-state index in [-0.39, 0.29) is 11.9 Å². The van der Waals surface area contributed by atoms with Crippen LogP contribution in [0.15, 0.2) is 54.6 Å². The summed E-state index contributed by atoms with van der Waals surface area (Å²) in [6.07, 6.45) is 0. The third-order valence-electron chi connectivity index (χ3n) is 3.73. The van der Waals surface area contributed by atoms with E-state index in [0.717, 1.165) is 22.2 Å². The zero-order valence-electron chi connectivity index (χ0n) is 12.1. The van der Waals surface area contributed by atoms with Crippen molar-refractivity contribution >= 4 is 10.9 Å². The van der Waals surface area contributed by atoms with Crippen LogP contribution in [0.1, 0.15) is 22.9 Å². The average molecular weight is 280 g/mol. The van der Waals surface area contributed by atoms with Crippen molar-refractivity contribution in [2.45, 2.75) is 13.0 Å². The maximum Gasteiger partial charge on any atom is 0.123 e. The lowest BCUT2D eigenvalue weighted by Crippen LogP contribution is -2.19. The number of aryl methyl sites for hydroxylation is 1. The van der Waals surface area contributed by atoms with E-state index in [0.29, 0.717) is 0 Å². The quantitative estimate of drug-likeness (QED) is 0.784. The van der Waals surface area contributed by atoms with Gasteiger partial charge in [0.05, 0.1) is 17.3 Å². The van der Waals surface area contributed by atoms with Gasteiger partial charge in [-0.3, -0.25) is 4.98 Å². The number of pyridine rings is 1. The van der Waals surface area contributed by atoms with Crippen LogP contribution in [0.5, 0.6) is 0 Å². The lowest BCUT2D eigenvalue weighted by Gasteiger charge is -2.17. The molecule has 0 fully saturated rings. The molecule has 3 heteroatoms. The Kier molecular flexibility index (Phi) is 3.67. The van der Waals surface area contributed by atoms with Crippen LogP contribution in [0.3, 0.4) is 0 Å². The first-order chi connectivity index (χ1) is 10.2. The Bertz CT molecular complexity index is 766. The first-order valence-corrected chi connectivity index (χ1v) is 6.98. The number of benzene rings is 2. The summed E-state index contributed by atoms with van der Waals surface area (Å²) in [4.78, 5) is 4.75. The molecule has 106 valence electrons. The van der Waals surface area contributed by atoms with Gasteiger partial charge < -0.3 is 5.32 Å². The molecular formula is C18H17FN2. The fraction of sp³-hybridized carbons (Fsp3) is 0.167. The molecule has 0 aliphatic heterocycles. The molecule has 2 nitrogen and oxygen atoms in total. The minimum atomic E-state index is -0.226. The second-order valence-electron chi connectivity index (χ2n) is 5.15. The molecule has 1 N–H and O–H groups in total. The van der Waals surface area contributed by atoms with Gasteiger partial charge >= 0.3 is 0 Å². The molecule has 0 spiro atoms. The van der Waals surface area contributed by atoms with Crippen molar-refractivity contribution in [1.29, 1.82) is 0 Å². The van der Waals surface area contributed by atoms with Crippen molar-refractivity contribution in [2.24, 2.45) is 0 Å². The zero-order valence-corrected chi connectivity index (χ0v) is 12.1. The molecule has 0 amide bonds. The molecule has 21 heavy (non-hydrogen) atoms. The fourth-order valence-electron chi connectivity index (χ4n) is 2.66. The number of halogens is 1. The molecule has 2 aromatic carbocycles. The third kappa shape index (κ3) is 2.65. The second-order valence-corrected chi connectivity index (χ2v) is 5.15. The Balaban J connectivity index is 2.10. The standard InChI is InChI=1S/C18H17FN2/c1-12-11-17(21-16-6-4-3-5-15(12)16)18(20-2)13-7-9-14(19)10-8-13/h3-11,18,20H,1-2H3. The number of fused-ring (bicyclic) bond motifs is 1. The summed E-state index contributed by atoms with van der Waals surface area (Å²) in [6.45, 7) is 2.09. The van der Waals surface area contributed by atoms with Crippen molar-refractivity contribution in [3.63, 3.8) is 0 Å². The molecule has 0 bridgehead atoms. The van der Waals surface area contributed by atoms with Crippen LogP contribution in [-0.4, -0.2) is 12.0 Å². The Labute approximate surface area is 123 Å². The smallest absolute Gasteiger partial charge is 0.123 e. The van der Waals surface area contributed by atoms with Crippen LogP contribution in [0.2, 0.25) is 0 Å². The number of rotatable bonds is 3. The zero-order chi connectivity index (χ0) is 14.8. The largest absolute Gasteiger partial charge is 0.308 e. The highest BCUT2D eigenvalue weighted by molar-refractivity contribution is 5.82. The summed E-state index contributed by atoms with van der Waals surface area (Å²) in [6, 6.07) is 16.7. The van der Waals surface area contributed by atoms with Crippen LogP contribution in [0.4, 0.5) is 4.39 Å². The van der Waals surface area contributed by atoms with Gasteiger partial charge in [-0.1, -0.05) is 30.3 Å². The Hall–Kier alpha value is -2.26. The van der Waals surface area contributed by atoms with E-state index in [1.165, 1.54) is 17.7 Å². The Morgan fingerprint density at radius 2 is 1.76 bits per heavy atom. The summed E-state index contributed by atoms with van der Waals surface area (Å²) in [5.74, 6) is -0.226. The number of para-hydroxylation sites is 1. The Morgan fingerprint density at radius 3 is 2.48 bits per heavy atom. The van der Waals surface area contributed by atoms with E-state index in [9.17, 15) is 4.39 Å². The summed E-state index contributed by atoms with van der Waals surface area (Å²) in [5.41, 5.74) is 4.12. The minimum absolute atomic E-state index is 0.0473. The van der Waals surface area contributed by atoms with Crippen LogP contribution < -0.4 is 5.32 Å². The molecule has 0 saturated carbocycles. The summed E-state index contributed by atoms with van der Waals surface area (Å²) >= 11 is 0. The molecule has 3 aromatic rings. The topological polar surface area (TPSA) is 24.9 Å². The van der Waals surface area contributed by atoms with Crippen molar-refractivity contribution < 1.29 is 4.39 Å².